The van der Waals surface area contributed by atoms with Crippen LogP contribution in [-0.4, -0.2) is 16.8 Å². The number of nitrogens with zero attached hydrogens (tertiary/aromatic N) is 3. The minimum Gasteiger partial charge on any atom is -0.372 e. The van der Waals surface area contributed by atoms with Gasteiger partial charge in [0.15, 0.2) is 0 Å². The third-order valence-corrected chi connectivity index (χ3v) is 3.65. The molecule has 0 aliphatic carbocycles. The van der Waals surface area contributed by atoms with Gasteiger partial charge in [-0.05, 0) is 12.1 Å². The van der Waals surface area contributed by atoms with E-state index in [2.05, 4.69) is 10.4 Å². The quantitative estimate of drug-likeness (QED) is 0.860. The van der Waals surface area contributed by atoms with Crippen LogP contribution >= 0.6 is 34.8 Å². The fraction of sp³-hybridized carbons (Fsp3) is 0.0909. The number of nitrogens with one attached hydrogen (secondary N) is 1. The summed E-state index contributed by atoms with van der Waals surface area (Å²) in [5, 5.41) is 16.9. The number of hydrogen-bond acceptors (Lipinski definition) is 3. The van der Waals surface area contributed by atoms with E-state index < -0.39 is 0 Å². The number of anilines is 1. The second-order valence-electron chi connectivity index (χ2n) is 3.37. The van der Waals surface area contributed by atoms with E-state index in [0.717, 1.165) is 0 Å². The Balaban J connectivity index is 2.67. The van der Waals surface area contributed by atoms with Crippen molar-refractivity contribution in [2.75, 3.05) is 12.4 Å². The first-order valence-electron chi connectivity index (χ1n) is 4.90. The minimum absolute atomic E-state index is 0.256. The van der Waals surface area contributed by atoms with Crippen LogP contribution in [0.2, 0.25) is 15.1 Å². The normalized spacial score (nSPS) is 10.2. The van der Waals surface area contributed by atoms with Gasteiger partial charge in [0.2, 0.25) is 0 Å². The van der Waals surface area contributed by atoms with Crippen molar-refractivity contribution in [3.63, 3.8) is 0 Å². The molecule has 1 aromatic carbocycles. The summed E-state index contributed by atoms with van der Waals surface area (Å²) in [6, 6.07) is 5.34. The number of nitriles is 1. The van der Waals surface area contributed by atoms with E-state index in [1.807, 2.05) is 6.07 Å². The molecule has 0 fully saturated rings. The summed E-state index contributed by atoms with van der Waals surface area (Å²) >= 11 is 18.0. The fourth-order valence-electron chi connectivity index (χ4n) is 1.53. The molecular formula is C11H7Cl3N4. The van der Waals surface area contributed by atoms with Gasteiger partial charge in [0.1, 0.15) is 17.5 Å². The van der Waals surface area contributed by atoms with Crippen molar-refractivity contribution in [1.82, 2.24) is 9.78 Å². The molecule has 0 saturated carbocycles. The lowest BCUT2D eigenvalue weighted by molar-refractivity contribution is 0.885. The third kappa shape index (κ3) is 2.01. The molecule has 7 heteroatoms. The zero-order chi connectivity index (χ0) is 13.3. The Morgan fingerprint density at radius 2 is 2.00 bits per heavy atom. The maximum Gasteiger partial charge on any atom is 0.147 e. The van der Waals surface area contributed by atoms with Crippen LogP contribution in [0.15, 0.2) is 18.3 Å². The Bertz CT molecular complexity index is 642. The predicted molar refractivity (Wildman–Crippen MR) is 72.9 cm³/mol. The van der Waals surface area contributed by atoms with Crippen molar-refractivity contribution in [2.45, 2.75) is 0 Å². The molecule has 0 spiro atoms. The number of hydrogen-bond donors (Lipinski definition) is 1. The maximum absolute atomic E-state index is 8.95. The molecule has 0 radical (unpaired) electrons. The average molecular weight is 302 g/mol. The monoisotopic (exact) mass is 300 g/mol. The Morgan fingerprint density at radius 1 is 1.28 bits per heavy atom. The fourth-order valence-corrected chi connectivity index (χ4v) is 2.14. The van der Waals surface area contributed by atoms with E-state index in [1.165, 1.54) is 10.9 Å². The molecule has 0 aliphatic heterocycles. The third-order valence-electron chi connectivity index (χ3n) is 2.37. The highest BCUT2D eigenvalue weighted by atomic mass is 35.5. The van der Waals surface area contributed by atoms with Gasteiger partial charge in [-0.25, -0.2) is 4.68 Å². The van der Waals surface area contributed by atoms with Crippen molar-refractivity contribution < 1.29 is 0 Å². The molecule has 0 saturated heterocycles. The lowest BCUT2D eigenvalue weighted by atomic mass is 10.3. The van der Waals surface area contributed by atoms with E-state index in [9.17, 15) is 0 Å². The summed E-state index contributed by atoms with van der Waals surface area (Å²) in [5.74, 6) is 0.540. The lowest BCUT2D eigenvalue weighted by Gasteiger charge is -2.10. The second kappa shape index (κ2) is 5.07. The van der Waals surface area contributed by atoms with Gasteiger partial charge in [0.05, 0.1) is 27.0 Å². The van der Waals surface area contributed by atoms with Crippen LogP contribution in [0.1, 0.15) is 5.56 Å². The molecule has 1 N–H and O–H groups in total. The van der Waals surface area contributed by atoms with Crippen molar-refractivity contribution in [3.8, 4) is 11.8 Å². The van der Waals surface area contributed by atoms with Gasteiger partial charge in [0, 0.05) is 7.05 Å². The Labute approximate surface area is 119 Å². The second-order valence-corrected chi connectivity index (χ2v) is 4.54. The van der Waals surface area contributed by atoms with Crippen LogP contribution in [-0.2, 0) is 0 Å². The van der Waals surface area contributed by atoms with Crippen molar-refractivity contribution in [1.29, 1.82) is 5.26 Å². The van der Waals surface area contributed by atoms with Gasteiger partial charge in [-0.2, -0.15) is 10.4 Å². The van der Waals surface area contributed by atoms with Gasteiger partial charge in [-0.3, -0.25) is 0 Å². The van der Waals surface area contributed by atoms with Crippen molar-refractivity contribution >= 4 is 40.6 Å². The van der Waals surface area contributed by atoms with Crippen LogP contribution in [0.3, 0.4) is 0 Å². The molecule has 2 rings (SSSR count). The molecule has 4 nitrogen and oxygen atoms in total. The molecule has 0 bridgehead atoms. The van der Waals surface area contributed by atoms with Gasteiger partial charge >= 0.3 is 0 Å². The lowest BCUT2D eigenvalue weighted by Crippen LogP contribution is -2.04. The first-order chi connectivity index (χ1) is 8.60. The van der Waals surface area contributed by atoms with Crippen LogP contribution < -0.4 is 5.32 Å². The van der Waals surface area contributed by atoms with Gasteiger partial charge in [0.25, 0.3) is 0 Å². The maximum atomic E-state index is 8.95. The van der Waals surface area contributed by atoms with Crippen molar-refractivity contribution in [2.24, 2.45) is 0 Å². The summed E-state index contributed by atoms with van der Waals surface area (Å²) in [6.45, 7) is 0. The highest BCUT2D eigenvalue weighted by molar-refractivity contribution is 6.48. The standard InChI is InChI=1S/C11H7Cl3N4/c1-16-11-6(4-15)5-17-18(11)8-3-2-7(12)9(13)10(8)14/h2-3,5,16H,1H3. The van der Waals surface area contributed by atoms with Gasteiger partial charge < -0.3 is 5.32 Å². The molecule has 18 heavy (non-hydrogen) atoms. The molecule has 92 valence electrons. The number of rotatable bonds is 2. The molecular weight excluding hydrogens is 295 g/mol. The Morgan fingerprint density at radius 3 is 2.61 bits per heavy atom. The molecule has 0 amide bonds. The SMILES string of the molecule is CNc1c(C#N)cnn1-c1ccc(Cl)c(Cl)c1Cl. The number of benzene rings is 1. The smallest absolute Gasteiger partial charge is 0.147 e. The Hall–Kier alpha value is -1.41. The average Bonchev–Trinajstić information content (AvgIpc) is 2.78. The van der Waals surface area contributed by atoms with E-state index in [1.54, 1.807) is 19.2 Å². The molecule has 2 aromatic rings. The minimum atomic E-state index is 0.256. The van der Waals surface area contributed by atoms with Gasteiger partial charge in [-0.1, -0.05) is 34.8 Å². The van der Waals surface area contributed by atoms with E-state index >= 15 is 0 Å². The Kier molecular flexibility index (Phi) is 3.67. The largest absolute Gasteiger partial charge is 0.372 e. The zero-order valence-electron chi connectivity index (χ0n) is 9.21. The number of aromatic nitrogens is 2. The summed E-state index contributed by atoms with van der Waals surface area (Å²) < 4.78 is 1.50. The van der Waals surface area contributed by atoms with Crippen LogP contribution in [0.25, 0.3) is 5.69 Å². The van der Waals surface area contributed by atoms with Crippen LogP contribution in [0.4, 0.5) is 5.82 Å². The van der Waals surface area contributed by atoms with E-state index in [0.29, 0.717) is 22.1 Å². The first kappa shape index (κ1) is 13.0. The highest BCUT2D eigenvalue weighted by Gasteiger charge is 2.16. The molecule has 1 aromatic heterocycles. The summed E-state index contributed by atoms with van der Waals surface area (Å²) in [6.07, 6.45) is 1.45. The predicted octanol–water partition coefficient (Wildman–Crippen LogP) is 3.75. The van der Waals surface area contributed by atoms with E-state index in [4.69, 9.17) is 40.1 Å². The summed E-state index contributed by atoms with van der Waals surface area (Å²) in [7, 11) is 1.69. The zero-order valence-corrected chi connectivity index (χ0v) is 11.5. The molecule has 0 atom stereocenters. The molecule has 0 unspecified atom stereocenters. The topological polar surface area (TPSA) is 53.6 Å². The number of halogens is 3. The first-order valence-corrected chi connectivity index (χ1v) is 6.03. The van der Waals surface area contributed by atoms with Crippen LogP contribution in [0, 0.1) is 11.3 Å². The molecule has 1 heterocycles. The summed E-state index contributed by atoms with van der Waals surface area (Å²) in [5.41, 5.74) is 0.969. The van der Waals surface area contributed by atoms with Gasteiger partial charge in [-0.15, -0.1) is 0 Å². The highest BCUT2D eigenvalue weighted by Crippen LogP contribution is 2.35. The summed E-state index contributed by atoms with van der Waals surface area (Å²) in [4.78, 5) is 0. The molecule has 0 aliphatic rings. The van der Waals surface area contributed by atoms with Crippen LogP contribution in [0.5, 0.6) is 0 Å². The van der Waals surface area contributed by atoms with Crippen molar-refractivity contribution in [3.05, 3.63) is 39.0 Å². The van der Waals surface area contributed by atoms with E-state index in [-0.39, 0.29) is 10.0 Å².